The Kier molecular flexibility index (Phi) is 8.35. The second-order valence-corrected chi connectivity index (χ2v) is 7.39. The molecule has 0 amide bonds. The summed E-state index contributed by atoms with van der Waals surface area (Å²) in [5.41, 5.74) is 4.03. The summed E-state index contributed by atoms with van der Waals surface area (Å²) in [7, 11) is 0. The minimum absolute atomic E-state index is 0. The Balaban J connectivity index is 0.00000225. The summed E-state index contributed by atoms with van der Waals surface area (Å²) < 4.78 is 5.18. The number of ether oxygens (including phenoxy) is 1. The molecule has 0 spiro atoms. The Bertz CT molecular complexity index is 583. The van der Waals surface area contributed by atoms with Gasteiger partial charge in [0.15, 0.2) is 0 Å². The predicted molar refractivity (Wildman–Crippen MR) is 97.4 cm³/mol. The van der Waals surface area contributed by atoms with Gasteiger partial charge in [-0.2, -0.15) is 29.8 Å². The first-order valence-electron chi connectivity index (χ1n) is 9.51. The molecule has 0 bridgehead atoms. The van der Waals surface area contributed by atoms with Crippen LogP contribution >= 0.6 is 0 Å². The van der Waals surface area contributed by atoms with Crippen LogP contribution in [-0.2, 0) is 42.2 Å². The molecule has 1 aromatic rings. The fourth-order valence-corrected chi connectivity index (χ4v) is 4.33. The molecule has 0 N–H and O–H groups in total. The molecule has 3 heteroatoms. The van der Waals surface area contributed by atoms with Crippen LogP contribution in [0.5, 0.6) is 0 Å². The number of hydrogen-bond acceptors (Lipinski definition) is 2. The summed E-state index contributed by atoms with van der Waals surface area (Å²) >= 11 is 0. The van der Waals surface area contributed by atoms with Crippen molar-refractivity contribution in [1.82, 2.24) is 0 Å². The molecule has 133 valence electrons. The van der Waals surface area contributed by atoms with Gasteiger partial charge >= 0.3 is 5.97 Å². The van der Waals surface area contributed by atoms with Crippen molar-refractivity contribution in [2.24, 2.45) is 17.8 Å². The summed E-state index contributed by atoms with van der Waals surface area (Å²) in [6.45, 7) is 4.48. The molecule has 1 atom stereocenters. The molecule has 2 aliphatic rings. The molecule has 1 unspecified atom stereocenters. The van der Waals surface area contributed by atoms with Gasteiger partial charge in [0.05, 0.1) is 12.5 Å². The van der Waals surface area contributed by atoms with Crippen LogP contribution in [0.25, 0.3) is 5.57 Å². The van der Waals surface area contributed by atoms with Gasteiger partial charge in [-0.1, -0.05) is 13.0 Å². The van der Waals surface area contributed by atoms with Crippen molar-refractivity contribution < 1.29 is 42.2 Å². The number of benzene rings is 1. The minimum Gasteiger partial charge on any atom is -0.466 e. The largest absolute Gasteiger partial charge is 0.466 e. The summed E-state index contributed by atoms with van der Waals surface area (Å²) in [5, 5.41) is 0. The number of hydrogen-bond donors (Lipinski definition) is 0. The molecule has 2 nitrogen and oxygen atoms in total. The monoisotopic (exact) mass is 414 g/mol. The Morgan fingerprint density at radius 1 is 1.16 bits per heavy atom. The van der Waals surface area contributed by atoms with Crippen LogP contribution in [0.15, 0.2) is 24.3 Å². The van der Waals surface area contributed by atoms with Crippen molar-refractivity contribution in [3.63, 3.8) is 0 Å². The first-order chi connectivity index (χ1) is 11.7. The second-order valence-electron chi connectivity index (χ2n) is 7.39. The molecule has 1 fully saturated rings. The fourth-order valence-electron chi connectivity index (χ4n) is 4.33. The molecule has 1 saturated carbocycles. The zero-order valence-electron chi connectivity index (χ0n) is 15.6. The van der Waals surface area contributed by atoms with Gasteiger partial charge in [-0.05, 0) is 63.7 Å². The van der Waals surface area contributed by atoms with Gasteiger partial charge in [-0.3, -0.25) is 4.79 Å². The Morgan fingerprint density at radius 3 is 2.48 bits per heavy atom. The third kappa shape index (κ3) is 5.50. The standard InChI is InChI=1S/C22H29O2.Y/c1-3-24-22(23)21-14-12-20(13-15-21)19-10-8-18(9-11-19)17-6-4-16(2)5-7-17;/h4,6-8,19-21H,3,9-15H2,1-2H3;/q-1;. The number of carbonyl (C=O) groups is 1. The number of esters is 1. The summed E-state index contributed by atoms with van der Waals surface area (Å²) in [5.74, 6) is 1.76. The van der Waals surface area contributed by atoms with E-state index in [0.717, 1.165) is 24.7 Å². The quantitative estimate of drug-likeness (QED) is 0.491. The third-order valence-electron chi connectivity index (χ3n) is 5.85. The van der Waals surface area contributed by atoms with Crippen LogP contribution in [-0.4, -0.2) is 12.6 Å². The van der Waals surface area contributed by atoms with Crippen molar-refractivity contribution in [1.29, 1.82) is 0 Å². The van der Waals surface area contributed by atoms with Crippen LogP contribution in [0.2, 0.25) is 0 Å². The van der Waals surface area contributed by atoms with E-state index in [4.69, 9.17) is 4.74 Å². The van der Waals surface area contributed by atoms with E-state index in [-0.39, 0.29) is 44.6 Å². The molecule has 0 heterocycles. The Morgan fingerprint density at radius 2 is 1.92 bits per heavy atom. The van der Waals surface area contributed by atoms with Gasteiger partial charge in [0.1, 0.15) is 0 Å². The fraction of sp³-hybridized carbons (Fsp3) is 0.591. The van der Waals surface area contributed by atoms with E-state index in [0.29, 0.717) is 6.61 Å². The molecule has 0 saturated heterocycles. The average molecular weight is 414 g/mol. The van der Waals surface area contributed by atoms with Crippen molar-refractivity contribution in [2.75, 3.05) is 6.61 Å². The molecule has 3 rings (SSSR count). The Labute approximate surface area is 177 Å². The molecule has 2 aliphatic carbocycles. The molecule has 0 aliphatic heterocycles. The summed E-state index contributed by atoms with van der Waals surface area (Å²) in [6.07, 6.45) is 10.5. The van der Waals surface area contributed by atoms with E-state index in [1.807, 2.05) is 6.92 Å². The van der Waals surface area contributed by atoms with E-state index in [2.05, 4.69) is 37.3 Å². The first kappa shape index (κ1) is 20.8. The number of rotatable bonds is 4. The van der Waals surface area contributed by atoms with Crippen LogP contribution < -0.4 is 0 Å². The third-order valence-corrected chi connectivity index (χ3v) is 5.85. The first-order valence-corrected chi connectivity index (χ1v) is 9.51. The summed E-state index contributed by atoms with van der Waals surface area (Å²) in [6, 6.07) is 9.82. The van der Waals surface area contributed by atoms with E-state index in [1.165, 1.54) is 48.8 Å². The maximum absolute atomic E-state index is 11.9. The number of carbonyl (C=O) groups excluding carboxylic acids is 1. The predicted octanol–water partition coefficient (Wildman–Crippen LogP) is 5.35. The van der Waals surface area contributed by atoms with Crippen LogP contribution in [0.3, 0.4) is 0 Å². The van der Waals surface area contributed by atoms with Gasteiger partial charge in [0, 0.05) is 32.7 Å². The van der Waals surface area contributed by atoms with Gasteiger partial charge < -0.3 is 4.74 Å². The molecule has 1 aromatic carbocycles. The molecule has 25 heavy (non-hydrogen) atoms. The molecule has 1 radical (unpaired) electrons. The molecule has 0 aromatic heterocycles. The number of allylic oxidation sites excluding steroid dienone is 2. The minimum atomic E-state index is 0. The van der Waals surface area contributed by atoms with E-state index in [9.17, 15) is 4.79 Å². The van der Waals surface area contributed by atoms with Gasteiger partial charge in [0.2, 0.25) is 0 Å². The topological polar surface area (TPSA) is 26.3 Å². The Hall–Kier alpha value is -0.466. The van der Waals surface area contributed by atoms with Crippen LogP contribution in [0.4, 0.5) is 0 Å². The SMILES string of the molecule is CCOC(=O)C1CCC(C2CC=C(c3c[c-]c(C)cc3)CC2)CC1.[Y]. The maximum atomic E-state index is 11.9. The van der Waals surface area contributed by atoms with Crippen molar-refractivity contribution >= 4 is 11.5 Å². The van der Waals surface area contributed by atoms with Crippen molar-refractivity contribution in [2.45, 2.75) is 58.8 Å². The van der Waals surface area contributed by atoms with Crippen molar-refractivity contribution in [3.05, 3.63) is 41.5 Å². The smallest absolute Gasteiger partial charge is 0.308 e. The van der Waals surface area contributed by atoms with E-state index < -0.39 is 0 Å². The normalized spacial score (nSPS) is 26.3. The van der Waals surface area contributed by atoms with Gasteiger partial charge in [-0.25, -0.2) is 0 Å². The second kappa shape index (κ2) is 10.0. The zero-order valence-corrected chi connectivity index (χ0v) is 18.4. The van der Waals surface area contributed by atoms with Gasteiger partial charge in [0.25, 0.3) is 0 Å². The van der Waals surface area contributed by atoms with E-state index >= 15 is 0 Å². The zero-order chi connectivity index (χ0) is 16.9. The summed E-state index contributed by atoms with van der Waals surface area (Å²) in [4.78, 5) is 11.9. The van der Waals surface area contributed by atoms with Crippen molar-refractivity contribution in [3.8, 4) is 0 Å². The van der Waals surface area contributed by atoms with Gasteiger partial charge in [-0.15, -0.1) is 11.1 Å². The van der Waals surface area contributed by atoms with Crippen LogP contribution in [0.1, 0.15) is 63.0 Å². The average Bonchev–Trinajstić information content (AvgIpc) is 2.63. The molecular weight excluding hydrogens is 385 g/mol. The molecular formula is C22H29O2Y-. The van der Waals surface area contributed by atoms with E-state index in [1.54, 1.807) is 0 Å². The maximum Gasteiger partial charge on any atom is 0.308 e. The van der Waals surface area contributed by atoms with Crippen LogP contribution in [0, 0.1) is 30.7 Å². The number of aryl methyl sites for hydroxylation is 1.